The number of halogens is 3. The first kappa shape index (κ1) is 31.4. The lowest BCUT2D eigenvalue weighted by Gasteiger charge is -2.69. The van der Waals surface area contributed by atoms with Gasteiger partial charge in [0.05, 0.1) is 17.2 Å². The van der Waals surface area contributed by atoms with E-state index in [0.717, 1.165) is 93.6 Å². The van der Waals surface area contributed by atoms with Crippen molar-refractivity contribution in [2.45, 2.75) is 64.7 Å². The molecule has 4 aromatic rings. The van der Waals surface area contributed by atoms with Crippen molar-refractivity contribution in [1.29, 1.82) is 5.26 Å². The minimum atomic E-state index is -4.27. The summed E-state index contributed by atoms with van der Waals surface area (Å²) in [4.78, 5) is 27.1. The van der Waals surface area contributed by atoms with Crippen LogP contribution in [0.15, 0.2) is 24.3 Å². The largest absolute Gasteiger partial charge is 0.393 e. The van der Waals surface area contributed by atoms with E-state index in [1.165, 1.54) is 11.1 Å². The average Bonchev–Trinajstić information content (AvgIpc) is 3.79. The molecule has 5 aliphatic rings. The highest BCUT2D eigenvalue weighted by molar-refractivity contribution is 7.18. The summed E-state index contributed by atoms with van der Waals surface area (Å²) in [5.41, 5.74) is 4.21. The van der Waals surface area contributed by atoms with Crippen molar-refractivity contribution < 1.29 is 18.0 Å². The van der Waals surface area contributed by atoms with Crippen LogP contribution in [0.1, 0.15) is 53.8 Å². The first-order valence-corrected chi connectivity index (χ1v) is 17.4. The summed E-state index contributed by atoms with van der Waals surface area (Å²) >= 11 is 1.09. The van der Waals surface area contributed by atoms with Gasteiger partial charge in [-0.2, -0.15) is 23.4 Å². The van der Waals surface area contributed by atoms with E-state index in [0.29, 0.717) is 27.7 Å². The summed E-state index contributed by atoms with van der Waals surface area (Å²) in [7, 11) is 3.43. The van der Waals surface area contributed by atoms with E-state index in [1.54, 1.807) is 20.2 Å². The molecule has 13 heteroatoms. The third-order valence-electron chi connectivity index (χ3n) is 11.6. The van der Waals surface area contributed by atoms with Crippen molar-refractivity contribution in [1.82, 2.24) is 24.8 Å². The molecule has 9 rings (SSSR count). The zero-order chi connectivity index (χ0) is 33.6. The van der Waals surface area contributed by atoms with Crippen LogP contribution in [-0.2, 0) is 24.3 Å². The van der Waals surface area contributed by atoms with Crippen LogP contribution >= 0.6 is 11.3 Å². The fourth-order valence-electron chi connectivity index (χ4n) is 9.41. The van der Waals surface area contributed by atoms with Gasteiger partial charge in [-0.05, 0) is 80.3 Å². The number of aromatic nitrogens is 3. The number of hydrogen-bond acceptors (Lipinski definition) is 8. The Morgan fingerprint density at radius 3 is 2.56 bits per heavy atom. The molecule has 2 bridgehead atoms. The molecule has 3 aliphatic carbocycles. The van der Waals surface area contributed by atoms with E-state index >= 15 is 0 Å². The third kappa shape index (κ3) is 5.02. The van der Waals surface area contributed by atoms with E-state index in [9.17, 15) is 23.2 Å². The van der Waals surface area contributed by atoms with Gasteiger partial charge in [0.1, 0.15) is 22.4 Å². The van der Waals surface area contributed by atoms with E-state index in [-0.39, 0.29) is 27.0 Å². The number of amides is 1. The maximum absolute atomic E-state index is 13.2. The van der Waals surface area contributed by atoms with Crippen molar-refractivity contribution in [3.05, 3.63) is 46.0 Å². The van der Waals surface area contributed by atoms with E-state index in [1.807, 2.05) is 6.07 Å². The van der Waals surface area contributed by atoms with Gasteiger partial charge in [-0.25, -0.2) is 4.98 Å². The zero-order valence-electron chi connectivity index (χ0n) is 27.4. The van der Waals surface area contributed by atoms with Crippen LogP contribution < -0.4 is 15.5 Å². The van der Waals surface area contributed by atoms with Gasteiger partial charge in [-0.1, -0.05) is 6.07 Å². The monoisotopic (exact) mass is 676 g/mol. The molecule has 1 aromatic carbocycles. The Hall–Kier alpha value is -3.89. The second-order valence-electron chi connectivity index (χ2n) is 14.9. The van der Waals surface area contributed by atoms with Crippen LogP contribution in [0, 0.1) is 34.5 Å². The molecular weight excluding hydrogens is 638 g/mol. The molecule has 48 heavy (non-hydrogen) atoms. The first-order valence-electron chi connectivity index (χ1n) is 16.6. The number of aryl methyl sites for hydroxylation is 1. The number of thiophene rings is 1. The molecule has 1 unspecified atom stereocenters. The molecule has 2 N–H and O–H groups in total. The average molecular weight is 677 g/mol. The van der Waals surface area contributed by atoms with Crippen LogP contribution in [0.3, 0.4) is 0 Å². The smallest absolute Gasteiger partial charge is 0.359 e. The number of anilines is 2. The van der Waals surface area contributed by atoms with Crippen molar-refractivity contribution in [2.75, 3.05) is 50.5 Å². The predicted octanol–water partition coefficient (Wildman–Crippen LogP) is 5.99. The lowest BCUT2D eigenvalue weighted by atomic mass is 9.35. The SMILES string of the molecule is CNC(=O)C12CC(Cn3c(C#N)cc4c(C)c(CN5CCC6(CCN(c7nc(NC)nc8sc(CC(F)(F)F)cc78)C6)C5)ccc43)(C1)C2. The number of nitrogens with zero attached hydrogens (tertiary/aromatic N) is 6. The quantitative estimate of drug-likeness (QED) is 0.237. The number of fused-ring (bicyclic) bond motifs is 2. The Bertz CT molecular complexity index is 1990. The molecular formula is C35H39F3N8OS. The number of alkyl halides is 3. The molecule has 5 heterocycles. The number of benzene rings is 1. The second kappa shape index (κ2) is 10.8. The fourth-order valence-corrected chi connectivity index (χ4v) is 10.5. The van der Waals surface area contributed by atoms with Gasteiger partial charge in [0, 0.05) is 68.0 Å². The minimum absolute atomic E-state index is 0.0893. The summed E-state index contributed by atoms with van der Waals surface area (Å²) < 4.78 is 41.7. The van der Waals surface area contributed by atoms with Gasteiger partial charge in [-0.3, -0.25) is 9.69 Å². The summed E-state index contributed by atoms with van der Waals surface area (Å²) in [5, 5.41) is 17.6. The molecule has 9 nitrogen and oxygen atoms in total. The molecule has 1 amide bonds. The van der Waals surface area contributed by atoms with Gasteiger partial charge < -0.3 is 20.1 Å². The molecule has 5 fully saturated rings. The molecule has 3 saturated carbocycles. The van der Waals surface area contributed by atoms with E-state index in [2.05, 4.69) is 55.1 Å². The molecule has 3 aromatic heterocycles. The Kier molecular flexibility index (Phi) is 7.06. The lowest BCUT2D eigenvalue weighted by Crippen LogP contribution is -2.68. The van der Waals surface area contributed by atoms with Crippen LogP contribution in [0.2, 0.25) is 0 Å². The van der Waals surface area contributed by atoms with Gasteiger partial charge in [0.15, 0.2) is 0 Å². The van der Waals surface area contributed by atoms with Crippen molar-refractivity contribution in [2.24, 2.45) is 16.2 Å². The Labute approximate surface area is 281 Å². The predicted molar refractivity (Wildman–Crippen MR) is 180 cm³/mol. The third-order valence-corrected chi connectivity index (χ3v) is 12.6. The van der Waals surface area contributed by atoms with Gasteiger partial charge in [0.25, 0.3) is 0 Å². The van der Waals surface area contributed by atoms with Crippen molar-refractivity contribution in [3.63, 3.8) is 0 Å². The lowest BCUT2D eigenvalue weighted by molar-refractivity contribution is -0.211. The van der Waals surface area contributed by atoms with Crippen LogP contribution in [-0.4, -0.2) is 71.8 Å². The second-order valence-corrected chi connectivity index (χ2v) is 16.0. The number of hydrogen-bond donors (Lipinski definition) is 2. The maximum Gasteiger partial charge on any atom is 0.393 e. The Morgan fingerprint density at radius 2 is 1.85 bits per heavy atom. The van der Waals surface area contributed by atoms with Crippen molar-refractivity contribution in [3.8, 4) is 6.07 Å². The molecule has 1 atom stereocenters. The molecule has 252 valence electrons. The minimum Gasteiger partial charge on any atom is -0.359 e. The molecule has 1 spiro atoms. The summed E-state index contributed by atoms with van der Waals surface area (Å²) in [6.45, 7) is 7.26. The number of carbonyl (C=O) groups excluding carboxylic acids is 1. The molecule has 0 radical (unpaired) electrons. The summed E-state index contributed by atoms with van der Waals surface area (Å²) in [6.07, 6.45) is -0.518. The number of nitrogens with one attached hydrogen (secondary N) is 2. The Balaban J connectivity index is 0.977. The number of rotatable bonds is 8. The van der Waals surface area contributed by atoms with E-state index in [4.69, 9.17) is 4.98 Å². The maximum atomic E-state index is 13.2. The molecule has 2 aliphatic heterocycles. The van der Waals surface area contributed by atoms with Crippen molar-refractivity contribution >= 4 is 50.1 Å². The van der Waals surface area contributed by atoms with Gasteiger partial charge >= 0.3 is 6.18 Å². The highest BCUT2D eigenvalue weighted by Crippen LogP contribution is 2.74. The zero-order valence-corrected chi connectivity index (χ0v) is 28.2. The number of likely N-dealkylation sites (tertiary alicyclic amines) is 1. The fraction of sp³-hybridized carbons (Fsp3) is 0.543. The number of nitriles is 1. The summed E-state index contributed by atoms with van der Waals surface area (Å²) in [6, 6.07) is 10.4. The van der Waals surface area contributed by atoms with Crippen LogP contribution in [0.25, 0.3) is 21.1 Å². The highest BCUT2D eigenvalue weighted by Gasteiger charge is 2.71. The normalized spacial score (nSPS) is 26.6. The standard InChI is InChI=1S/C35H39F3N8OS/c1-21-22(4-5-27-25(21)10-23(13-39)46(27)20-33-15-34(16-33,17-33)30(47)40-2)14-44-8-6-32(18-44)7-9-45(19-32)28-26-11-24(12-35(36,37)38)48-29(26)43-31(41-3)42-28/h4-5,10-11H,6-9,12,14-20H2,1-3H3,(H,40,47)(H,41,42,43). The number of carbonyl (C=O) groups is 1. The topological polar surface area (TPSA) is 102 Å². The van der Waals surface area contributed by atoms with Gasteiger partial charge in [-0.15, -0.1) is 11.3 Å². The van der Waals surface area contributed by atoms with Gasteiger partial charge in [0.2, 0.25) is 11.9 Å². The Morgan fingerprint density at radius 1 is 1.08 bits per heavy atom. The van der Waals surface area contributed by atoms with E-state index < -0.39 is 12.6 Å². The van der Waals surface area contributed by atoms with Crippen LogP contribution in [0.4, 0.5) is 24.9 Å². The van der Waals surface area contributed by atoms with Crippen LogP contribution in [0.5, 0.6) is 0 Å². The summed E-state index contributed by atoms with van der Waals surface area (Å²) in [5.74, 6) is 1.28. The molecule has 2 saturated heterocycles. The highest BCUT2D eigenvalue weighted by atomic mass is 32.1. The first-order chi connectivity index (χ1) is 22.9.